The molecule has 0 saturated heterocycles. The van der Waals surface area contributed by atoms with Crippen LogP contribution < -0.4 is 21.9 Å². The maximum atomic E-state index is 12.2. The van der Waals surface area contributed by atoms with E-state index in [0.717, 1.165) is 10.8 Å². The number of carbonyl (C=O) groups is 1. The average molecular weight is 266 g/mol. The van der Waals surface area contributed by atoms with Crippen LogP contribution in [0.4, 0.5) is 11.4 Å². The third-order valence-corrected chi connectivity index (χ3v) is 3.22. The van der Waals surface area contributed by atoms with Gasteiger partial charge in [0.05, 0.1) is 0 Å². The van der Waals surface area contributed by atoms with E-state index in [1.165, 1.54) is 0 Å². The van der Waals surface area contributed by atoms with Crippen molar-refractivity contribution in [2.75, 3.05) is 11.1 Å². The molecule has 0 radical (unpaired) electrons. The highest BCUT2D eigenvalue weighted by molar-refractivity contribution is 6.13. The molecule has 0 aliphatic carbocycles. The van der Waals surface area contributed by atoms with Crippen molar-refractivity contribution < 1.29 is 4.79 Å². The van der Waals surface area contributed by atoms with Gasteiger partial charge in [-0.2, -0.15) is 0 Å². The van der Waals surface area contributed by atoms with Crippen LogP contribution in [0.2, 0.25) is 0 Å². The molecule has 0 fully saturated rings. The summed E-state index contributed by atoms with van der Waals surface area (Å²) in [7, 11) is 0. The first-order valence-electron chi connectivity index (χ1n) is 5.97. The molecule has 0 bridgehead atoms. The summed E-state index contributed by atoms with van der Waals surface area (Å²) in [6.45, 7) is 0. The van der Waals surface area contributed by atoms with E-state index in [2.05, 4.69) is 5.32 Å². The Morgan fingerprint density at radius 2 is 1.65 bits per heavy atom. The number of anilines is 2. The Balaban J connectivity index is 2.02. The van der Waals surface area contributed by atoms with Gasteiger partial charge in [-0.1, -0.05) is 36.4 Å². The topological polar surface area (TPSA) is 89.3 Å². The van der Waals surface area contributed by atoms with Crippen LogP contribution in [0.5, 0.6) is 0 Å². The van der Waals surface area contributed by atoms with Crippen molar-refractivity contribution >= 4 is 28.1 Å². The minimum Gasteiger partial charge on any atom is -0.394 e. The largest absolute Gasteiger partial charge is 0.394 e. The number of benzene rings is 2. The van der Waals surface area contributed by atoms with Crippen LogP contribution in [-0.2, 0) is 0 Å². The third-order valence-electron chi connectivity index (χ3n) is 3.22. The number of nitrogens with one attached hydrogen (secondary N) is 1. The summed E-state index contributed by atoms with van der Waals surface area (Å²) in [6.07, 6.45) is 0. The Morgan fingerprint density at radius 1 is 0.950 bits per heavy atom. The minimum atomic E-state index is -0.754. The molecular formula is C15H10N2O3. The highest BCUT2D eigenvalue weighted by Gasteiger charge is 2.21. The number of fused-ring (bicyclic) bond motifs is 1. The average Bonchev–Trinajstić information content (AvgIpc) is 2.50. The van der Waals surface area contributed by atoms with Crippen molar-refractivity contribution in [2.45, 2.75) is 0 Å². The second kappa shape index (κ2) is 4.31. The standard InChI is InChI=1S/C15H10N2O3/c16-11-12(14(19)13(11)18)17-15(20)10-7-3-5-8-4-1-2-6-9(8)10/h1-7H,16H2,(H,17,20). The lowest BCUT2D eigenvalue weighted by Gasteiger charge is -2.10. The number of amides is 1. The van der Waals surface area contributed by atoms with E-state index in [9.17, 15) is 14.4 Å². The lowest BCUT2D eigenvalue weighted by atomic mass is 10.0. The van der Waals surface area contributed by atoms with Gasteiger partial charge in [0.1, 0.15) is 11.4 Å². The first-order chi connectivity index (χ1) is 9.59. The van der Waals surface area contributed by atoms with Crippen LogP contribution in [0.1, 0.15) is 10.4 Å². The van der Waals surface area contributed by atoms with Gasteiger partial charge in [0, 0.05) is 5.56 Å². The normalized spacial score (nSPS) is 10.8. The van der Waals surface area contributed by atoms with Gasteiger partial charge in [0.2, 0.25) is 0 Å². The summed E-state index contributed by atoms with van der Waals surface area (Å²) >= 11 is 0. The Morgan fingerprint density at radius 3 is 2.40 bits per heavy atom. The zero-order valence-corrected chi connectivity index (χ0v) is 10.3. The molecule has 98 valence electrons. The summed E-state index contributed by atoms with van der Waals surface area (Å²) in [6, 6.07) is 12.7. The summed E-state index contributed by atoms with van der Waals surface area (Å²) in [5.41, 5.74) is 4.00. The number of carbonyl (C=O) groups excluding carboxylic acids is 1. The lowest BCUT2D eigenvalue weighted by molar-refractivity contribution is 0.102. The molecule has 0 atom stereocenters. The molecule has 1 amide bonds. The van der Waals surface area contributed by atoms with Crippen molar-refractivity contribution in [1.29, 1.82) is 0 Å². The molecule has 0 saturated carbocycles. The molecule has 0 aliphatic rings. The SMILES string of the molecule is Nc1c(NC(=O)c2cccc3ccccc23)c(=O)c1=O. The number of hydrogen-bond acceptors (Lipinski definition) is 4. The highest BCUT2D eigenvalue weighted by atomic mass is 16.2. The molecule has 5 heteroatoms. The zero-order valence-electron chi connectivity index (χ0n) is 10.3. The van der Waals surface area contributed by atoms with Gasteiger partial charge in [-0.15, -0.1) is 0 Å². The van der Waals surface area contributed by atoms with Crippen molar-refractivity contribution in [3.8, 4) is 0 Å². The highest BCUT2D eigenvalue weighted by Crippen LogP contribution is 2.20. The third kappa shape index (κ3) is 1.68. The second-order valence-electron chi connectivity index (χ2n) is 4.43. The molecule has 20 heavy (non-hydrogen) atoms. The first-order valence-corrected chi connectivity index (χ1v) is 5.97. The smallest absolute Gasteiger partial charge is 0.256 e. The fourth-order valence-corrected chi connectivity index (χ4v) is 2.14. The molecule has 0 aromatic heterocycles. The summed E-state index contributed by atoms with van der Waals surface area (Å²) in [4.78, 5) is 34.5. The van der Waals surface area contributed by atoms with Crippen molar-refractivity contribution in [3.63, 3.8) is 0 Å². The van der Waals surface area contributed by atoms with Gasteiger partial charge in [-0.25, -0.2) is 0 Å². The van der Waals surface area contributed by atoms with E-state index in [1.54, 1.807) is 12.1 Å². The Bertz CT molecular complexity index is 900. The summed E-state index contributed by atoms with van der Waals surface area (Å²) < 4.78 is 0. The molecule has 0 unspecified atom stereocenters. The molecule has 0 heterocycles. The van der Waals surface area contributed by atoms with Crippen LogP contribution in [-0.4, -0.2) is 5.91 Å². The van der Waals surface area contributed by atoms with Gasteiger partial charge < -0.3 is 11.1 Å². The maximum absolute atomic E-state index is 12.2. The molecule has 3 N–H and O–H groups in total. The van der Waals surface area contributed by atoms with Gasteiger partial charge in [0.15, 0.2) is 0 Å². The van der Waals surface area contributed by atoms with E-state index in [0.29, 0.717) is 5.56 Å². The zero-order chi connectivity index (χ0) is 14.3. The summed E-state index contributed by atoms with van der Waals surface area (Å²) in [5, 5.41) is 4.08. The van der Waals surface area contributed by atoms with E-state index >= 15 is 0 Å². The van der Waals surface area contributed by atoms with Crippen LogP contribution >= 0.6 is 0 Å². The van der Waals surface area contributed by atoms with Crippen molar-refractivity contribution in [3.05, 3.63) is 68.5 Å². The fraction of sp³-hybridized carbons (Fsp3) is 0. The maximum Gasteiger partial charge on any atom is 0.256 e. The van der Waals surface area contributed by atoms with Crippen LogP contribution in [0, 0.1) is 0 Å². The number of nitrogen functional groups attached to an aromatic ring is 1. The Labute approximate surface area is 113 Å². The van der Waals surface area contributed by atoms with Crippen molar-refractivity contribution in [2.24, 2.45) is 0 Å². The van der Waals surface area contributed by atoms with E-state index in [1.807, 2.05) is 30.3 Å². The minimum absolute atomic E-state index is 0.118. The molecule has 0 aliphatic heterocycles. The summed E-state index contributed by atoms with van der Waals surface area (Å²) in [5.74, 6) is -0.458. The van der Waals surface area contributed by atoms with Crippen molar-refractivity contribution in [1.82, 2.24) is 0 Å². The van der Waals surface area contributed by atoms with Gasteiger partial charge >= 0.3 is 0 Å². The van der Waals surface area contributed by atoms with Crippen LogP contribution in [0.25, 0.3) is 10.8 Å². The predicted molar refractivity (Wildman–Crippen MR) is 77.7 cm³/mol. The molecular weight excluding hydrogens is 256 g/mol. The van der Waals surface area contributed by atoms with E-state index < -0.39 is 16.8 Å². The van der Waals surface area contributed by atoms with Gasteiger partial charge in [-0.05, 0) is 16.8 Å². The molecule has 5 nitrogen and oxygen atoms in total. The lowest BCUT2D eigenvalue weighted by Crippen LogP contribution is -2.38. The second-order valence-corrected chi connectivity index (χ2v) is 4.43. The first kappa shape index (κ1) is 12.1. The van der Waals surface area contributed by atoms with Crippen LogP contribution in [0.3, 0.4) is 0 Å². The Kier molecular flexibility index (Phi) is 2.61. The number of nitrogens with two attached hydrogens (primary N) is 1. The molecule has 3 aromatic rings. The van der Waals surface area contributed by atoms with E-state index in [-0.39, 0.29) is 11.4 Å². The van der Waals surface area contributed by atoms with Gasteiger partial charge in [0.25, 0.3) is 16.8 Å². The Hall–Kier alpha value is -2.95. The molecule has 3 rings (SSSR count). The monoisotopic (exact) mass is 266 g/mol. The van der Waals surface area contributed by atoms with Gasteiger partial charge in [-0.3, -0.25) is 14.4 Å². The predicted octanol–water partition coefficient (Wildman–Crippen LogP) is 1.27. The number of hydrogen-bond donors (Lipinski definition) is 2. The van der Waals surface area contributed by atoms with Crippen LogP contribution in [0.15, 0.2) is 52.1 Å². The quantitative estimate of drug-likeness (QED) is 0.683. The number of rotatable bonds is 2. The fourth-order valence-electron chi connectivity index (χ4n) is 2.14. The molecule has 0 spiro atoms. The van der Waals surface area contributed by atoms with E-state index in [4.69, 9.17) is 5.73 Å². The molecule has 3 aromatic carbocycles.